The summed E-state index contributed by atoms with van der Waals surface area (Å²) < 4.78 is 14.2. The highest BCUT2D eigenvalue weighted by Gasteiger charge is 2.15. The number of aromatic nitrogens is 2. The van der Waals surface area contributed by atoms with Gasteiger partial charge in [-0.1, -0.05) is 41.9 Å². The fraction of sp³-hybridized carbons (Fsp3) is 0.121. The monoisotopic (exact) mass is 578 g/mol. The van der Waals surface area contributed by atoms with Crippen molar-refractivity contribution >= 4 is 34.5 Å². The molecule has 0 unspecified atom stereocenters. The summed E-state index contributed by atoms with van der Waals surface area (Å²) in [5, 5.41) is 21.6. The Kier molecular flexibility index (Phi) is 8.51. The summed E-state index contributed by atoms with van der Waals surface area (Å²) in [6.45, 7) is 0.298. The van der Waals surface area contributed by atoms with Gasteiger partial charge >= 0.3 is 5.97 Å². The Morgan fingerprint density at radius 1 is 0.857 bits per heavy atom. The standard InChI is InChI=1S/C33H24ClFN4O3/c34-26-9-6-24(7-10-26)32-29(11-5-22-13-23(16-31(40)41)15-27(35)14-22)38-30-17-25(8-12-28(30)39-32)33(42)37-19-21-3-1-20(18-36)2-4-21/h1-4,6-10,12-15,17H,5,11,16,19H2,(H,37,42)(H,40,41). The molecule has 1 aromatic heterocycles. The largest absolute Gasteiger partial charge is 0.481 e. The summed E-state index contributed by atoms with van der Waals surface area (Å²) in [5.41, 5.74) is 6.07. The highest BCUT2D eigenvalue weighted by atomic mass is 35.5. The number of nitrogens with one attached hydrogen (secondary N) is 1. The van der Waals surface area contributed by atoms with Gasteiger partial charge in [-0.25, -0.2) is 14.4 Å². The van der Waals surface area contributed by atoms with E-state index in [1.165, 1.54) is 12.1 Å². The van der Waals surface area contributed by atoms with Crippen molar-refractivity contribution in [2.45, 2.75) is 25.8 Å². The third-order valence-electron chi connectivity index (χ3n) is 6.68. The third-order valence-corrected chi connectivity index (χ3v) is 6.93. The first-order chi connectivity index (χ1) is 20.3. The van der Waals surface area contributed by atoms with Crippen molar-refractivity contribution in [3.05, 3.63) is 129 Å². The van der Waals surface area contributed by atoms with Crippen LogP contribution < -0.4 is 5.32 Å². The molecule has 0 saturated heterocycles. The quantitative estimate of drug-likeness (QED) is 0.212. The molecule has 2 N–H and O–H groups in total. The number of nitrogens with zero attached hydrogens (tertiary/aromatic N) is 3. The van der Waals surface area contributed by atoms with Crippen molar-refractivity contribution in [2.75, 3.05) is 0 Å². The number of carboxylic acids is 1. The van der Waals surface area contributed by atoms with E-state index in [9.17, 15) is 14.0 Å². The summed E-state index contributed by atoms with van der Waals surface area (Å²) in [4.78, 5) is 33.8. The summed E-state index contributed by atoms with van der Waals surface area (Å²) in [5.74, 6) is -1.81. The first kappa shape index (κ1) is 28.4. The topological polar surface area (TPSA) is 116 Å². The number of halogens is 2. The van der Waals surface area contributed by atoms with Gasteiger partial charge in [-0.2, -0.15) is 5.26 Å². The lowest BCUT2D eigenvalue weighted by Gasteiger charge is -2.12. The first-order valence-electron chi connectivity index (χ1n) is 13.1. The van der Waals surface area contributed by atoms with Crippen LogP contribution in [0.1, 0.15) is 38.3 Å². The molecule has 0 spiro atoms. The lowest BCUT2D eigenvalue weighted by Crippen LogP contribution is -2.22. The van der Waals surface area contributed by atoms with Crippen LogP contribution in [-0.4, -0.2) is 27.0 Å². The lowest BCUT2D eigenvalue weighted by molar-refractivity contribution is -0.136. The van der Waals surface area contributed by atoms with Crippen molar-refractivity contribution in [1.29, 1.82) is 5.26 Å². The summed E-state index contributed by atoms with van der Waals surface area (Å²) >= 11 is 6.10. The predicted molar refractivity (Wildman–Crippen MR) is 157 cm³/mol. The number of aryl methyl sites for hydroxylation is 2. The van der Waals surface area contributed by atoms with E-state index in [0.29, 0.717) is 69.1 Å². The number of nitriles is 1. The molecule has 208 valence electrons. The van der Waals surface area contributed by atoms with Gasteiger partial charge in [0.1, 0.15) is 5.82 Å². The molecule has 1 amide bonds. The maximum atomic E-state index is 14.2. The van der Waals surface area contributed by atoms with Crippen molar-refractivity contribution in [3.8, 4) is 17.3 Å². The molecule has 9 heteroatoms. The molecule has 4 aromatic carbocycles. The fourth-order valence-corrected chi connectivity index (χ4v) is 4.75. The zero-order valence-electron chi connectivity index (χ0n) is 22.3. The van der Waals surface area contributed by atoms with Crippen molar-refractivity contribution in [3.63, 3.8) is 0 Å². The molecule has 7 nitrogen and oxygen atoms in total. The minimum Gasteiger partial charge on any atom is -0.481 e. The molecule has 0 aliphatic rings. The molecule has 0 bridgehead atoms. The van der Waals surface area contributed by atoms with E-state index in [-0.39, 0.29) is 12.3 Å². The number of amides is 1. The number of carbonyl (C=O) groups excluding carboxylic acids is 1. The van der Waals surface area contributed by atoms with Crippen LogP contribution >= 0.6 is 11.6 Å². The Morgan fingerprint density at radius 2 is 1.60 bits per heavy atom. The van der Waals surface area contributed by atoms with Crippen molar-refractivity contribution in [1.82, 2.24) is 15.3 Å². The number of benzene rings is 4. The van der Waals surface area contributed by atoms with E-state index in [0.717, 1.165) is 11.1 Å². The number of aliphatic carboxylic acids is 1. The van der Waals surface area contributed by atoms with Crippen LogP contribution in [0.4, 0.5) is 4.39 Å². The summed E-state index contributed by atoms with van der Waals surface area (Å²) in [7, 11) is 0. The van der Waals surface area contributed by atoms with E-state index in [1.54, 1.807) is 60.7 Å². The second-order valence-electron chi connectivity index (χ2n) is 9.76. The smallest absolute Gasteiger partial charge is 0.307 e. The van der Waals surface area contributed by atoms with Crippen LogP contribution in [0.5, 0.6) is 0 Å². The Hall–Kier alpha value is -5.13. The normalized spacial score (nSPS) is 10.8. The zero-order chi connectivity index (χ0) is 29.6. The van der Waals surface area contributed by atoms with Crippen molar-refractivity contribution < 1.29 is 19.1 Å². The van der Waals surface area contributed by atoms with Gasteiger partial charge in [0.15, 0.2) is 0 Å². The Morgan fingerprint density at radius 3 is 2.31 bits per heavy atom. The molecule has 42 heavy (non-hydrogen) atoms. The zero-order valence-corrected chi connectivity index (χ0v) is 23.0. The molecule has 0 atom stereocenters. The van der Waals surface area contributed by atoms with Crippen LogP contribution in [0.3, 0.4) is 0 Å². The average Bonchev–Trinajstić information content (AvgIpc) is 2.98. The van der Waals surface area contributed by atoms with Gasteiger partial charge < -0.3 is 10.4 Å². The minimum atomic E-state index is -1.03. The maximum Gasteiger partial charge on any atom is 0.307 e. The highest BCUT2D eigenvalue weighted by Crippen LogP contribution is 2.27. The van der Waals surface area contributed by atoms with Gasteiger partial charge in [0.25, 0.3) is 5.91 Å². The Balaban J connectivity index is 1.44. The predicted octanol–water partition coefficient (Wildman–Crippen LogP) is 6.30. The fourth-order valence-electron chi connectivity index (χ4n) is 4.63. The molecule has 1 heterocycles. The Bertz CT molecular complexity index is 1830. The van der Waals surface area contributed by atoms with Gasteiger partial charge in [-0.3, -0.25) is 9.59 Å². The molecule has 5 rings (SSSR count). The van der Waals surface area contributed by atoms with Gasteiger partial charge in [-0.05, 0) is 84.1 Å². The van der Waals surface area contributed by atoms with Crippen LogP contribution in [0, 0.1) is 17.1 Å². The molecular formula is C33H24ClFN4O3. The second-order valence-corrected chi connectivity index (χ2v) is 10.2. The second kappa shape index (κ2) is 12.6. The van der Waals surface area contributed by atoms with Crippen LogP contribution in [-0.2, 0) is 30.6 Å². The van der Waals surface area contributed by atoms with E-state index in [4.69, 9.17) is 31.9 Å². The molecule has 0 saturated carbocycles. The molecule has 0 aliphatic carbocycles. The SMILES string of the molecule is N#Cc1ccc(CNC(=O)c2ccc3nc(-c4ccc(Cl)cc4)c(CCc4cc(F)cc(CC(=O)O)c4)nc3c2)cc1. The van der Waals surface area contributed by atoms with E-state index < -0.39 is 11.8 Å². The van der Waals surface area contributed by atoms with E-state index in [1.807, 2.05) is 12.1 Å². The molecule has 0 radical (unpaired) electrons. The van der Waals surface area contributed by atoms with Gasteiger partial charge in [0.2, 0.25) is 0 Å². The highest BCUT2D eigenvalue weighted by molar-refractivity contribution is 6.30. The van der Waals surface area contributed by atoms with Crippen molar-refractivity contribution in [2.24, 2.45) is 0 Å². The minimum absolute atomic E-state index is 0.271. The number of hydrogen-bond acceptors (Lipinski definition) is 5. The number of carbonyl (C=O) groups is 2. The van der Waals surface area contributed by atoms with Crippen LogP contribution in [0.25, 0.3) is 22.3 Å². The summed E-state index contributed by atoms with van der Waals surface area (Å²) in [6, 6.07) is 25.7. The molecule has 0 aliphatic heterocycles. The van der Waals surface area contributed by atoms with Gasteiger partial charge in [-0.15, -0.1) is 0 Å². The molecule has 0 fully saturated rings. The molecular weight excluding hydrogens is 555 g/mol. The lowest BCUT2D eigenvalue weighted by atomic mass is 10.0. The van der Waals surface area contributed by atoms with E-state index in [2.05, 4.69) is 11.4 Å². The first-order valence-corrected chi connectivity index (χ1v) is 13.5. The van der Waals surface area contributed by atoms with Crippen LogP contribution in [0.2, 0.25) is 5.02 Å². The molecule has 5 aromatic rings. The number of hydrogen-bond donors (Lipinski definition) is 2. The van der Waals surface area contributed by atoms with Gasteiger partial charge in [0, 0.05) is 22.7 Å². The van der Waals surface area contributed by atoms with Crippen LogP contribution in [0.15, 0.2) is 84.9 Å². The maximum absolute atomic E-state index is 14.2. The average molecular weight is 579 g/mol. The summed E-state index contributed by atoms with van der Waals surface area (Å²) in [6.07, 6.45) is 0.522. The Labute approximate surface area is 246 Å². The third kappa shape index (κ3) is 6.95. The number of carboxylic acid groups (broad SMARTS) is 1. The van der Waals surface area contributed by atoms with Gasteiger partial charge in [0.05, 0.1) is 40.5 Å². The van der Waals surface area contributed by atoms with E-state index >= 15 is 0 Å². The number of rotatable bonds is 9. The number of fused-ring (bicyclic) bond motifs is 1.